The number of aliphatic hydroxyl groups excluding tert-OH is 1. The summed E-state index contributed by atoms with van der Waals surface area (Å²) in [6.45, 7) is 5.90. The topological polar surface area (TPSA) is 89.9 Å². The second-order valence-electron chi connectivity index (χ2n) is 4.33. The van der Waals surface area contributed by atoms with Gasteiger partial charge in [-0.15, -0.1) is 0 Å². The fourth-order valence-electron chi connectivity index (χ4n) is 1.49. The highest BCUT2D eigenvalue weighted by atomic mass is 16.4. The van der Waals surface area contributed by atoms with Gasteiger partial charge in [-0.1, -0.05) is 20.3 Å². The number of amides is 2. The molecule has 2 amide bonds. The first-order chi connectivity index (χ1) is 8.47. The Morgan fingerprint density at radius 1 is 1.33 bits per heavy atom. The van der Waals surface area contributed by atoms with Crippen LogP contribution in [0, 0.1) is 0 Å². The van der Waals surface area contributed by atoms with E-state index in [9.17, 15) is 9.59 Å². The SMILES string of the molecule is CCCCN(C(=O)NC(CO)C(=O)O)C(C)CC. The first-order valence-electron chi connectivity index (χ1n) is 6.38. The number of carbonyl (C=O) groups excluding carboxylic acids is 1. The van der Waals surface area contributed by atoms with Crippen LogP contribution in [-0.4, -0.2) is 52.3 Å². The van der Waals surface area contributed by atoms with Gasteiger partial charge in [0.1, 0.15) is 0 Å². The fourth-order valence-corrected chi connectivity index (χ4v) is 1.49. The van der Waals surface area contributed by atoms with Crippen molar-refractivity contribution in [2.75, 3.05) is 13.2 Å². The Balaban J connectivity index is 4.58. The van der Waals surface area contributed by atoms with Crippen molar-refractivity contribution in [1.82, 2.24) is 10.2 Å². The van der Waals surface area contributed by atoms with E-state index in [2.05, 4.69) is 5.32 Å². The number of carbonyl (C=O) groups is 2. The largest absolute Gasteiger partial charge is 0.480 e. The molecule has 0 aromatic carbocycles. The molecule has 2 unspecified atom stereocenters. The van der Waals surface area contributed by atoms with Gasteiger partial charge in [0.2, 0.25) is 0 Å². The number of urea groups is 1. The first kappa shape index (κ1) is 16.7. The van der Waals surface area contributed by atoms with Crippen LogP contribution >= 0.6 is 0 Å². The summed E-state index contributed by atoms with van der Waals surface area (Å²) < 4.78 is 0. The summed E-state index contributed by atoms with van der Waals surface area (Å²) in [5, 5.41) is 20.0. The maximum absolute atomic E-state index is 12.0. The molecule has 18 heavy (non-hydrogen) atoms. The molecule has 0 bridgehead atoms. The molecule has 6 nitrogen and oxygen atoms in total. The van der Waals surface area contributed by atoms with Crippen molar-refractivity contribution < 1.29 is 19.8 Å². The van der Waals surface area contributed by atoms with E-state index in [0.717, 1.165) is 19.3 Å². The van der Waals surface area contributed by atoms with Crippen LogP contribution in [0.1, 0.15) is 40.0 Å². The summed E-state index contributed by atoms with van der Waals surface area (Å²) in [5.41, 5.74) is 0. The van der Waals surface area contributed by atoms with E-state index >= 15 is 0 Å². The fraction of sp³-hybridized carbons (Fsp3) is 0.833. The van der Waals surface area contributed by atoms with Gasteiger partial charge in [-0.3, -0.25) is 0 Å². The summed E-state index contributed by atoms with van der Waals surface area (Å²) in [6, 6.07) is -1.63. The van der Waals surface area contributed by atoms with Gasteiger partial charge in [-0.05, 0) is 19.8 Å². The molecule has 106 valence electrons. The quantitative estimate of drug-likeness (QED) is 0.608. The Morgan fingerprint density at radius 2 is 1.94 bits per heavy atom. The molecule has 0 aliphatic heterocycles. The lowest BCUT2D eigenvalue weighted by Gasteiger charge is -2.29. The maximum atomic E-state index is 12.0. The van der Waals surface area contributed by atoms with Gasteiger partial charge < -0.3 is 20.4 Å². The number of carboxylic acids is 1. The van der Waals surface area contributed by atoms with Gasteiger partial charge >= 0.3 is 12.0 Å². The van der Waals surface area contributed by atoms with Gasteiger partial charge in [0, 0.05) is 12.6 Å². The number of aliphatic carboxylic acids is 1. The van der Waals surface area contributed by atoms with Crippen molar-refractivity contribution in [3.05, 3.63) is 0 Å². The predicted octanol–water partition coefficient (Wildman–Crippen LogP) is 1.04. The Labute approximate surface area is 108 Å². The van der Waals surface area contributed by atoms with Crippen LogP contribution in [0.25, 0.3) is 0 Å². The molecule has 0 spiro atoms. The monoisotopic (exact) mass is 260 g/mol. The third-order valence-corrected chi connectivity index (χ3v) is 2.91. The number of nitrogens with one attached hydrogen (secondary N) is 1. The third-order valence-electron chi connectivity index (χ3n) is 2.91. The van der Waals surface area contributed by atoms with Gasteiger partial charge in [0.15, 0.2) is 6.04 Å². The molecule has 0 aromatic heterocycles. The standard InChI is InChI=1S/C12H24N2O4/c1-4-6-7-14(9(3)5-2)12(18)13-10(8-15)11(16)17/h9-10,15H,4-8H2,1-3H3,(H,13,18)(H,16,17). The van der Waals surface area contributed by atoms with Crippen LogP contribution in [0.5, 0.6) is 0 Å². The van der Waals surface area contributed by atoms with Crippen LogP contribution in [0.3, 0.4) is 0 Å². The molecule has 3 N–H and O–H groups in total. The van der Waals surface area contributed by atoms with Crippen molar-refractivity contribution in [2.24, 2.45) is 0 Å². The summed E-state index contributed by atoms with van der Waals surface area (Å²) in [5.74, 6) is -1.23. The molecule has 0 saturated carbocycles. The minimum absolute atomic E-state index is 0.0460. The van der Waals surface area contributed by atoms with E-state index in [1.165, 1.54) is 0 Å². The molecule has 6 heteroatoms. The number of unbranched alkanes of at least 4 members (excludes halogenated alkanes) is 1. The van der Waals surface area contributed by atoms with Crippen molar-refractivity contribution >= 4 is 12.0 Å². The van der Waals surface area contributed by atoms with Crippen LogP contribution in [0.15, 0.2) is 0 Å². The lowest BCUT2D eigenvalue weighted by molar-refractivity contribution is -0.140. The van der Waals surface area contributed by atoms with Gasteiger partial charge in [-0.25, -0.2) is 9.59 Å². The van der Waals surface area contributed by atoms with Crippen molar-refractivity contribution in [3.8, 4) is 0 Å². The normalized spacial score (nSPS) is 13.8. The zero-order chi connectivity index (χ0) is 14.1. The molecule has 0 aliphatic carbocycles. The molecular weight excluding hydrogens is 236 g/mol. The minimum Gasteiger partial charge on any atom is -0.480 e. The Kier molecular flexibility index (Phi) is 8.11. The summed E-state index contributed by atoms with van der Waals surface area (Å²) in [7, 11) is 0. The highest BCUT2D eigenvalue weighted by Gasteiger charge is 2.24. The van der Waals surface area contributed by atoms with Crippen molar-refractivity contribution in [2.45, 2.75) is 52.1 Å². The lowest BCUT2D eigenvalue weighted by Crippen LogP contribution is -2.52. The Morgan fingerprint density at radius 3 is 2.33 bits per heavy atom. The van der Waals surface area contributed by atoms with Crippen molar-refractivity contribution in [1.29, 1.82) is 0 Å². The van der Waals surface area contributed by atoms with Crippen molar-refractivity contribution in [3.63, 3.8) is 0 Å². The highest BCUT2D eigenvalue weighted by molar-refractivity contribution is 5.82. The van der Waals surface area contributed by atoms with Crippen LogP contribution in [0.2, 0.25) is 0 Å². The molecule has 0 fully saturated rings. The molecule has 0 radical (unpaired) electrons. The van der Waals surface area contributed by atoms with Crippen LogP contribution in [0.4, 0.5) is 4.79 Å². The molecule has 2 atom stereocenters. The maximum Gasteiger partial charge on any atom is 0.328 e. The van der Waals surface area contributed by atoms with Gasteiger partial charge in [0.25, 0.3) is 0 Å². The van der Waals surface area contributed by atoms with Crippen LogP contribution in [-0.2, 0) is 4.79 Å². The number of aliphatic hydroxyl groups is 1. The van der Waals surface area contributed by atoms with Crippen LogP contribution < -0.4 is 5.32 Å². The predicted molar refractivity (Wildman–Crippen MR) is 68.4 cm³/mol. The second kappa shape index (κ2) is 8.74. The molecule has 0 aliphatic rings. The second-order valence-corrected chi connectivity index (χ2v) is 4.33. The summed E-state index contributed by atoms with van der Waals surface area (Å²) >= 11 is 0. The van der Waals surface area contributed by atoms with E-state index in [4.69, 9.17) is 10.2 Å². The Bertz CT molecular complexity index is 271. The van der Waals surface area contributed by atoms with E-state index < -0.39 is 24.6 Å². The zero-order valence-corrected chi connectivity index (χ0v) is 11.3. The zero-order valence-electron chi connectivity index (χ0n) is 11.3. The number of hydrogen-bond acceptors (Lipinski definition) is 3. The molecule has 0 aromatic rings. The number of hydrogen-bond donors (Lipinski definition) is 3. The lowest BCUT2D eigenvalue weighted by atomic mass is 10.2. The van der Waals surface area contributed by atoms with E-state index in [1.54, 1.807) is 4.90 Å². The van der Waals surface area contributed by atoms with Gasteiger partial charge in [0.05, 0.1) is 6.61 Å². The number of nitrogens with zero attached hydrogens (tertiary/aromatic N) is 1. The van der Waals surface area contributed by atoms with E-state index in [1.807, 2.05) is 20.8 Å². The highest BCUT2D eigenvalue weighted by Crippen LogP contribution is 2.06. The van der Waals surface area contributed by atoms with E-state index in [-0.39, 0.29) is 6.04 Å². The number of carboxylic acid groups (broad SMARTS) is 1. The molecule has 0 rings (SSSR count). The Hall–Kier alpha value is -1.30. The average Bonchev–Trinajstić information content (AvgIpc) is 2.35. The third kappa shape index (κ3) is 5.35. The van der Waals surface area contributed by atoms with Gasteiger partial charge in [-0.2, -0.15) is 0 Å². The molecular formula is C12H24N2O4. The molecule has 0 saturated heterocycles. The minimum atomic E-state index is -1.24. The first-order valence-corrected chi connectivity index (χ1v) is 6.38. The molecule has 0 heterocycles. The smallest absolute Gasteiger partial charge is 0.328 e. The summed E-state index contributed by atoms with van der Waals surface area (Å²) in [6.07, 6.45) is 2.63. The van der Waals surface area contributed by atoms with E-state index in [0.29, 0.717) is 6.54 Å². The number of rotatable bonds is 8. The summed E-state index contributed by atoms with van der Waals surface area (Å²) in [4.78, 5) is 24.3. The average molecular weight is 260 g/mol.